The molecule has 0 amide bonds. The molecule has 2 aromatic carbocycles. The standard InChI is InChI=1S/C29H35N7O4/c1-3-39-21-10-11-24-20(17-21)18-23(29(37)30-24)27(28-31-32-33-36(28)19-22-7-6-16-40-22)35-14-12-34(13-15-35)25-8-4-5-9-26(25)38-2/h4-5,8-11,17-18,22,27H,3,6-7,12-16,19H2,1-2H3,(H,30,37)/t22-,27+/m1/s1. The van der Waals surface area contributed by atoms with Gasteiger partial charge in [0.15, 0.2) is 5.82 Å². The number of nitrogens with one attached hydrogen (secondary N) is 1. The Morgan fingerprint density at radius 1 is 1.12 bits per heavy atom. The smallest absolute Gasteiger partial charge is 0.253 e. The number of aromatic amines is 1. The van der Waals surface area contributed by atoms with E-state index in [1.165, 1.54) is 0 Å². The molecule has 2 saturated heterocycles. The zero-order valence-corrected chi connectivity index (χ0v) is 23.0. The van der Waals surface area contributed by atoms with Crippen molar-refractivity contribution in [1.29, 1.82) is 0 Å². The number of ether oxygens (including phenoxy) is 3. The summed E-state index contributed by atoms with van der Waals surface area (Å²) in [7, 11) is 1.70. The zero-order valence-electron chi connectivity index (χ0n) is 23.0. The first-order chi connectivity index (χ1) is 19.6. The van der Waals surface area contributed by atoms with Crippen molar-refractivity contribution in [1.82, 2.24) is 30.1 Å². The topological polar surface area (TPSA) is 111 Å². The largest absolute Gasteiger partial charge is 0.495 e. The SMILES string of the molecule is CCOc1ccc2[nH]c(=O)c([C@@H](c3nnnn3C[C@H]3CCCO3)N3CCN(c4ccccc4OC)CC3)cc2c1. The molecule has 0 bridgehead atoms. The quantitative estimate of drug-likeness (QED) is 0.339. The van der Waals surface area contributed by atoms with E-state index in [1.54, 1.807) is 7.11 Å². The van der Waals surface area contributed by atoms with Crippen LogP contribution in [0.5, 0.6) is 11.5 Å². The van der Waals surface area contributed by atoms with Gasteiger partial charge in [-0.1, -0.05) is 12.1 Å². The summed E-state index contributed by atoms with van der Waals surface area (Å²) in [4.78, 5) is 21.3. The molecule has 210 valence electrons. The number of hydrogen-bond donors (Lipinski definition) is 1. The van der Waals surface area contributed by atoms with Crippen LogP contribution in [0.1, 0.15) is 37.2 Å². The molecule has 40 heavy (non-hydrogen) atoms. The molecule has 4 heterocycles. The van der Waals surface area contributed by atoms with Gasteiger partial charge in [0.25, 0.3) is 5.56 Å². The molecule has 0 aliphatic carbocycles. The van der Waals surface area contributed by atoms with E-state index in [4.69, 9.17) is 14.2 Å². The number of methoxy groups -OCH3 is 1. The van der Waals surface area contributed by atoms with Crippen LogP contribution in [0, 0.1) is 0 Å². The highest BCUT2D eigenvalue weighted by Gasteiger charge is 2.34. The van der Waals surface area contributed by atoms with Crippen LogP contribution in [-0.4, -0.2) is 82.7 Å². The number of para-hydroxylation sites is 2. The summed E-state index contributed by atoms with van der Waals surface area (Å²) in [5, 5.41) is 13.7. The van der Waals surface area contributed by atoms with Crippen LogP contribution in [0.2, 0.25) is 0 Å². The van der Waals surface area contributed by atoms with Gasteiger partial charge in [-0.15, -0.1) is 5.10 Å². The minimum absolute atomic E-state index is 0.0638. The van der Waals surface area contributed by atoms with Crippen molar-refractivity contribution in [2.75, 3.05) is 51.4 Å². The Morgan fingerprint density at radius 3 is 2.75 bits per heavy atom. The molecule has 2 aliphatic heterocycles. The summed E-state index contributed by atoms with van der Waals surface area (Å²) < 4.78 is 19.0. The van der Waals surface area contributed by atoms with Gasteiger partial charge in [0, 0.05) is 49.3 Å². The molecule has 0 spiro atoms. The van der Waals surface area contributed by atoms with Crippen LogP contribution in [0.4, 0.5) is 5.69 Å². The first kappa shape index (κ1) is 26.3. The maximum Gasteiger partial charge on any atom is 0.253 e. The summed E-state index contributed by atoms with van der Waals surface area (Å²) in [6.07, 6.45) is 2.07. The Hall–Kier alpha value is -3.96. The molecule has 2 atom stereocenters. The van der Waals surface area contributed by atoms with Crippen LogP contribution in [0.3, 0.4) is 0 Å². The van der Waals surface area contributed by atoms with Crippen molar-refractivity contribution in [2.24, 2.45) is 0 Å². The molecule has 2 aliphatic rings. The minimum atomic E-state index is -0.430. The van der Waals surface area contributed by atoms with E-state index in [9.17, 15) is 4.79 Å². The molecule has 0 radical (unpaired) electrons. The maximum absolute atomic E-state index is 13.6. The van der Waals surface area contributed by atoms with Crippen molar-refractivity contribution in [3.8, 4) is 11.5 Å². The molecule has 0 unspecified atom stereocenters. The third kappa shape index (κ3) is 5.26. The van der Waals surface area contributed by atoms with E-state index in [0.29, 0.717) is 37.6 Å². The van der Waals surface area contributed by atoms with Crippen LogP contribution >= 0.6 is 0 Å². The summed E-state index contributed by atoms with van der Waals surface area (Å²) in [6, 6.07) is 15.3. The van der Waals surface area contributed by atoms with Crippen LogP contribution < -0.4 is 19.9 Å². The normalized spacial score (nSPS) is 18.8. The van der Waals surface area contributed by atoms with Crippen LogP contribution in [-0.2, 0) is 11.3 Å². The Bertz CT molecular complexity index is 1510. The van der Waals surface area contributed by atoms with Gasteiger partial charge in [-0.25, -0.2) is 4.68 Å². The Labute approximate surface area is 232 Å². The van der Waals surface area contributed by atoms with Gasteiger partial charge in [-0.05, 0) is 66.6 Å². The number of rotatable bonds is 9. The van der Waals surface area contributed by atoms with Gasteiger partial charge >= 0.3 is 0 Å². The molecular weight excluding hydrogens is 510 g/mol. The number of H-pyrrole nitrogens is 1. The fraction of sp³-hybridized carbons (Fsp3) is 0.448. The van der Waals surface area contributed by atoms with E-state index in [0.717, 1.165) is 60.6 Å². The molecule has 0 saturated carbocycles. The lowest BCUT2D eigenvalue weighted by molar-refractivity contribution is 0.0906. The first-order valence-corrected chi connectivity index (χ1v) is 13.9. The second kappa shape index (κ2) is 11.6. The van der Waals surface area contributed by atoms with Crippen molar-refractivity contribution < 1.29 is 14.2 Å². The number of nitrogens with zero attached hydrogens (tertiary/aromatic N) is 6. The molecule has 2 fully saturated rings. The van der Waals surface area contributed by atoms with Crippen molar-refractivity contribution in [2.45, 2.75) is 38.5 Å². The minimum Gasteiger partial charge on any atom is -0.495 e. The summed E-state index contributed by atoms with van der Waals surface area (Å²) in [5.41, 5.74) is 2.28. The fourth-order valence-electron chi connectivity index (χ4n) is 5.79. The van der Waals surface area contributed by atoms with Crippen LogP contribution in [0.25, 0.3) is 10.9 Å². The lowest BCUT2D eigenvalue weighted by Crippen LogP contribution is -2.49. The highest BCUT2D eigenvalue weighted by Crippen LogP contribution is 2.32. The van der Waals surface area contributed by atoms with Gasteiger partial charge in [0.2, 0.25) is 0 Å². The number of piperazine rings is 1. The van der Waals surface area contributed by atoms with Crippen LogP contribution in [0.15, 0.2) is 53.3 Å². The number of benzene rings is 2. The molecule has 11 nitrogen and oxygen atoms in total. The van der Waals surface area contributed by atoms with Crippen molar-refractivity contribution >= 4 is 16.6 Å². The average molecular weight is 546 g/mol. The molecule has 6 rings (SSSR count). The molecule has 1 N–H and O–H groups in total. The average Bonchev–Trinajstić information content (AvgIpc) is 3.67. The fourth-order valence-corrected chi connectivity index (χ4v) is 5.79. The van der Waals surface area contributed by atoms with E-state index in [1.807, 2.05) is 54.1 Å². The van der Waals surface area contributed by atoms with Gasteiger partial charge in [0.05, 0.1) is 32.1 Å². The van der Waals surface area contributed by atoms with Gasteiger partial charge in [-0.2, -0.15) is 0 Å². The van der Waals surface area contributed by atoms with Gasteiger partial charge in [0.1, 0.15) is 17.5 Å². The zero-order chi connectivity index (χ0) is 27.5. The van der Waals surface area contributed by atoms with Gasteiger partial charge in [-0.3, -0.25) is 9.69 Å². The van der Waals surface area contributed by atoms with E-state index >= 15 is 0 Å². The third-order valence-corrected chi connectivity index (χ3v) is 7.76. The van der Waals surface area contributed by atoms with E-state index in [-0.39, 0.29) is 11.7 Å². The van der Waals surface area contributed by atoms with E-state index in [2.05, 4.69) is 36.4 Å². The summed E-state index contributed by atoms with van der Waals surface area (Å²) in [6.45, 7) is 6.80. The number of hydrogen-bond acceptors (Lipinski definition) is 9. The highest BCUT2D eigenvalue weighted by atomic mass is 16.5. The Balaban J connectivity index is 1.37. The molecular formula is C29H35N7O4. The number of tetrazole rings is 1. The number of anilines is 1. The number of aromatic nitrogens is 5. The molecule has 4 aromatic rings. The van der Waals surface area contributed by atoms with E-state index < -0.39 is 6.04 Å². The third-order valence-electron chi connectivity index (χ3n) is 7.76. The number of pyridine rings is 1. The first-order valence-electron chi connectivity index (χ1n) is 13.9. The Kier molecular flexibility index (Phi) is 7.65. The predicted octanol–water partition coefficient (Wildman–Crippen LogP) is 3.01. The van der Waals surface area contributed by atoms with Gasteiger partial charge < -0.3 is 24.1 Å². The highest BCUT2D eigenvalue weighted by molar-refractivity contribution is 5.80. The second-order valence-corrected chi connectivity index (χ2v) is 10.2. The monoisotopic (exact) mass is 545 g/mol. The number of fused-ring (bicyclic) bond motifs is 1. The lowest BCUT2D eigenvalue weighted by Gasteiger charge is -2.40. The molecule has 11 heteroatoms. The Morgan fingerprint density at radius 2 is 1.98 bits per heavy atom. The lowest BCUT2D eigenvalue weighted by atomic mass is 10.0. The second-order valence-electron chi connectivity index (χ2n) is 10.2. The molecule has 2 aromatic heterocycles. The summed E-state index contributed by atoms with van der Waals surface area (Å²) >= 11 is 0. The predicted molar refractivity (Wildman–Crippen MR) is 151 cm³/mol. The van der Waals surface area contributed by atoms with Crippen molar-refractivity contribution in [3.05, 3.63) is 70.3 Å². The van der Waals surface area contributed by atoms with Crippen molar-refractivity contribution in [3.63, 3.8) is 0 Å². The summed E-state index contributed by atoms with van der Waals surface area (Å²) in [5.74, 6) is 2.26. The maximum atomic E-state index is 13.6.